The molecule has 1 heterocycles. The number of para-hydroxylation sites is 1. The monoisotopic (exact) mass is 323 g/mol. The van der Waals surface area contributed by atoms with E-state index in [2.05, 4.69) is 6.58 Å². The van der Waals surface area contributed by atoms with Crippen LogP contribution >= 0.6 is 0 Å². The van der Waals surface area contributed by atoms with Crippen molar-refractivity contribution in [2.45, 2.75) is 26.7 Å². The van der Waals surface area contributed by atoms with Gasteiger partial charge in [0, 0.05) is 22.6 Å². The van der Waals surface area contributed by atoms with Gasteiger partial charge in [-0.2, -0.15) is 0 Å². The third-order valence-corrected chi connectivity index (χ3v) is 3.73. The van der Waals surface area contributed by atoms with Gasteiger partial charge in [-0.1, -0.05) is 44.2 Å². The second-order valence-corrected chi connectivity index (χ2v) is 5.12. The van der Waals surface area contributed by atoms with Crippen LogP contribution in [0.15, 0.2) is 65.1 Å². The Labute approximate surface area is 141 Å². The van der Waals surface area contributed by atoms with Crippen molar-refractivity contribution in [2.75, 3.05) is 0 Å². The first-order valence-corrected chi connectivity index (χ1v) is 8.13. The van der Waals surface area contributed by atoms with E-state index in [9.17, 15) is 4.39 Å². The lowest BCUT2D eigenvalue weighted by atomic mass is 10.0. The lowest BCUT2D eigenvalue weighted by Crippen LogP contribution is -1.91. The zero-order chi connectivity index (χ0) is 17.5. The second kappa shape index (κ2) is 8.25. The van der Waals surface area contributed by atoms with Crippen LogP contribution in [0.3, 0.4) is 0 Å². The van der Waals surface area contributed by atoms with Gasteiger partial charge in [0.1, 0.15) is 17.0 Å². The van der Waals surface area contributed by atoms with Gasteiger partial charge in [0.15, 0.2) is 0 Å². The van der Waals surface area contributed by atoms with Crippen LogP contribution in [0.1, 0.15) is 25.8 Å². The fraction of sp³-hybridized carbons (Fsp3) is 0.190. The molecule has 24 heavy (non-hydrogen) atoms. The SMILES string of the molecule is C=CC/C(C=N)=C/Cc1c(F)ccc2c1oc1ccccc12.CC. The van der Waals surface area contributed by atoms with E-state index in [1.165, 1.54) is 12.3 Å². The van der Waals surface area contributed by atoms with Crippen molar-refractivity contribution in [3.63, 3.8) is 0 Å². The summed E-state index contributed by atoms with van der Waals surface area (Å²) < 4.78 is 20.1. The number of nitrogens with one attached hydrogen (secondary N) is 1. The summed E-state index contributed by atoms with van der Waals surface area (Å²) in [4.78, 5) is 0. The summed E-state index contributed by atoms with van der Waals surface area (Å²) in [6.07, 6.45) is 5.84. The molecule has 0 aliphatic heterocycles. The first-order chi connectivity index (χ1) is 11.7. The molecule has 124 valence electrons. The molecule has 1 N–H and O–H groups in total. The van der Waals surface area contributed by atoms with Gasteiger partial charge in [-0.05, 0) is 36.6 Å². The van der Waals surface area contributed by atoms with E-state index in [0.29, 0.717) is 24.0 Å². The molecule has 2 aromatic carbocycles. The highest BCUT2D eigenvalue weighted by atomic mass is 19.1. The molecule has 3 rings (SSSR count). The minimum atomic E-state index is -0.286. The van der Waals surface area contributed by atoms with Gasteiger partial charge in [-0.25, -0.2) is 4.39 Å². The predicted octanol–water partition coefficient (Wildman–Crippen LogP) is 6.45. The number of fused-ring (bicyclic) bond motifs is 3. The Bertz CT molecular complexity index is 889. The third kappa shape index (κ3) is 3.46. The summed E-state index contributed by atoms with van der Waals surface area (Å²) in [6.45, 7) is 7.66. The number of hydrogen-bond donors (Lipinski definition) is 1. The number of hydrogen-bond acceptors (Lipinski definition) is 2. The second-order valence-electron chi connectivity index (χ2n) is 5.12. The van der Waals surface area contributed by atoms with Gasteiger partial charge in [0.2, 0.25) is 0 Å². The molecule has 0 unspecified atom stereocenters. The van der Waals surface area contributed by atoms with Gasteiger partial charge in [0.25, 0.3) is 0 Å². The van der Waals surface area contributed by atoms with Crippen molar-refractivity contribution < 1.29 is 8.81 Å². The molecule has 3 aromatic rings. The summed E-state index contributed by atoms with van der Waals surface area (Å²) in [5, 5.41) is 9.28. The first-order valence-electron chi connectivity index (χ1n) is 8.13. The fourth-order valence-corrected chi connectivity index (χ4v) is 2.61. The van der Waals surface area contributed by atoms with Crippen LogP contribution in [0.5, 0.6) is 0 Å². The van der Waals surface area contributed by atoms with Crippen LogP contribution in [-0.2, 0) is 6.42 Å². The van der Waals surface area contributed by atoms with Crippen LogP contribution in [0, 0.1) is 11.2 Å². The van der Waals surface area contributed by atoms with Gasteiger partial charge in [-0.15, -0.1) is 6.58 Å². The molecule has 0 radical (unpaired) electrons. The van der Waals surface area contributed by atoms with Crippen molar-refractivity contribution in [2.24, 2.45) is 0 Å². The fourth-order valence-electron chi connectivity index (χ4n) is 2.61. The summed E-state index contributed by atoms with van der Waals surface area (Å²) in [7, 11) is 0. The number of allylic oxidation sites excluding steroid dienone is 3. The Morgan fingerprint density at radius 1 is 1.17 bits per heavy atom. The van der Waals surface area contributed by atoms with E-state index in [-0.39, 0.29) is 5.82 Å². The lowest BCUT2D eigenvalue weighted by Gasteiger charge is -2.02. The molecule has 0 saturated heterocycles. The summed E-state index contributed by atoms with van der Waals surface area (Å²) in [6, 6.07) is 10.9. The maximum absolute atomic E-state index is 14.2. The van der Waals surface area contributed by atoms with E-state index in [4.69, 9.17) is 9.83 Å². The maximum Gasteiger partial charge on any atom is 0.141 e. The summed E-state index contributed by atoms with van der Waals surface area (Å²) in [5.74, 6) is -0.286. The summed E-state index contributed by atoms with van der Waals surface area (Å²) in [5.41, 5.74) is 2.67. The molecule has 0 saturated carbocycles. The Hall–Kier alpha value is -2.68. The highest BCUT2D eigenvalue weighted by Gasteiger charge is 2.13. The van der Waals surface area contributed by atoms with E-state index in [0.717, 1.165) is 21.9 Å². The number of benzene rings is 2. The van der Waals surface area contributed by atoms with Gasteiger partial charge >= 0.3 is 0 Å². The number of furan rings is 1. The van der Waals surface area contributed by atoms with Crippen molar-refractivity contribution in [3.8, 4) is 0 Å². The Balaban J connectivity index is 0.00000100. The van der Waals surface area contributed by atoms with E-state index < -0.39 is 0 Å². The van der Waals surface area contributed by atoms with Crippen molar-refractivity contribution >= 4 is 28.2 Å². The number of rotatable bonds is 5. The van der Waals surface area contributed by atoms with Crippen molar-refractivity contribution in [1.82, 2.24) is 0 Å². The van der Waals surface area contributed by atoms with Crippen LogP contribution in [-0.4, -0.2) is 6.21 Å². The van der Waals surface area contributed by atoms with E-state index >= 15 is 0 Å². The quantitative estimate of drug-likeness (QED) is 0.425. The molecule has 1 aromatic heterocycles. The molecule has 0 fully saturated rings. The largest absolute Gasteiger partial charge is 0.456 e. The predicted molar refractivity (Wildman–Crippen MR) is 100 cm³/mol. The molecule has 2 nitrogen and oxygen atoms in total. The first kappa shape index (κ1) is 17.7. The highest BCUT2D eigenvalue weighted by molar-refractivity contribution is 6.05. The van der Waals surface area contributed by atoms with Gasteiger partial charge in [0.05, 0.1) is 0 Å². The Morgan fingerprint density at radius 2 is 1.92 bits per heavy atom. The van der Waals surface area contributed by atoms with Crippen molar-refractivity contribution in [3.05, 3.63) is 72.1 Å². The van der Waals surface area contributed by atoms with Crippen LogP contribution in [0.4, 0.5) is 4.39 Å². The van der Waals surface area contributed by atoms with Crippen LogP contribution < -0.4 is 0 Å². The molecule has 0 aliphatic rings. The lowest BCUT2D eigenvalue weighted by molar-refractivity contribution is 0.603. The average Bonchev–Trinajstić information content (AvgIpc) is 3.00. The molecule has 0 aliphatic carbocycles. The molecule has 0 spiro atoms. The maximum atomic E-state index is 14.2. The normalized spacial score (nSPS) is 11.2. The Morgan fingerprint density at radius 3 is 2.62 bits per heavy atom. The van der Waals surface area contributed by atoms with E-state index in [1.54, 1.807) is 12.1 Å². The molecular weight excluding hydrogens is 301 g/mol. The average molecular weight is 323 g/mol. The zero-order valence-corrected chi connectivity index (χ0v) is 14.1. The molecule has 3 heteroatoms. The zero-order valence-electron chi connectivity index (χ0n) is 14.1. The van der Waals surface area contributed by atoms with Gasteiger partial charge in [-0.3, -0.25) is 0 Å². The molecule has 0 bridgehead atoms. The van der Waals surface area contributed by atoms with Crippen molar-refractivity contribution in [1.29, 1.82) is 5.41 Å². The number of halogens is 1. The Kier molecular flexibility index (Phi) is 6.07. The summed E-state index contributed by atoms with van der Waals surface area (Å²) >= 11 is 0. The minimum Gasteiger partial charge on any atom is -0.456 e. The topological polar surface area (TPSA) is 37.0 Å². The van der Waals surface area contributed by atoms with Crippen LogP contribution in [0.2, 0.25) is 0 Å². The highest BCUT2D eigenvalue weighted by Crippen LogP contribution is 2.32. The minimum absolute atomic E-state index is 0.286. The molecular formula is C21H22FNO. The third-order valence-electron chi connectivity index (χ3n) is 3.73. The van der Waals surface area contributed by atoms with Crippen LogP contribution in [0.25, 0.3) is 21.9 Å². The molecule has 0 amide bonds. The smallest absolute Gasteiger partial charge is 0.141 e. The standard InChI is InChI=1S/C19H16FNO.C2H6/c1-2-5-13(12-21)8-9-16-17(20)11-10-15-14-6-3-4-7-18(14)22-19(15)16;1-2/h2-4,6-8,10-12,21H,1,5,9H2;1-2H3/b13-8-,21-12?;. The van der Waals surface area contributed by atoms with E-state index in [1.807, 2.05) is 44.2 Å². The molecule has 0 atom stereocenters. The van der Waals surface area contributed by atoms with Gasteiger partial charge < -0.3 is 9.83 Å².